The summed E-state index contributed by atoms with van der Waals surface area (Å²) in [5.74, 6) is 0.784. The summed E-state index contributed by atoms with van der Waals surface area (Å²) in [5.41, 5.74) is 2.27. The van der Waals surface area contributed by atoms with Crippen LogP contribution in [0.4, 0.5) is 0 Å². The van der Waals surface area contributed by atoms with Gasteiger partial charge in [0.1, 0.15) is 5.76 Å². The van der Waals surface area contributed by atoms with E-state index in [1.54, 1.807) is 25.1 Å². The van der Waals surface area contributed by atoms with Crippen LogP contribution in [0.3, 0.4) is 0 Å². The summed E-state index contributed by atoms with van der Waals surface area (Å²) in [5, 5.41) is 0. The van der Waals surface area contributed by atoms with Crippen molar-refractivity contribution in [2.24, 2.45) is 5.92 Å². The highest BCUT2D eigenvalue weighted by Crippen LogP contribution is 2.15. The molecule has 21 heavy (non-hydrogen) atoms. The molecule has 1 aromatic carbocycles. The number of benzene rings is 1. The Morgan fingerprint density at radius 3 is 2.24 bits per heavy atom. The third-order valence-corrected chi connectivity index (χ3v) is 3.40. The molecule has 0 aliphatic carbocycles. The van der Waals surface area contributed by atoms with E-state index in [4.69, 9.17) is 4.42 Å². The molecule has 1 heterocycles. The second kappa shape index (κ2) is 6.53. The fourth-order valence-corrected chi connectivity index (χ4v) is 2.32. The molecule has 2 rings (SSSR count). The predicted octanol–water partition coefficient (Wildman–Crippen LogP) is 4.24. The maximum Gasteiger partial charge on any atom is 0.174 e. The minimum absolute atomic E-state index is 0.121. The normalized spacial score (nSPS) is 10.9. The smallest absolute Gasteiger partial charge is 0.174 e. The van der Waals surface area contributed by atoms with Crippen LogP contribution in [0.1, 0.15) is 52.3 Å². The highest BCUT2D eigenvalue weighted by atomic mass is 16.3. The SMILES string of the molecule is Cc1occc1C(=O)CC(=O)c1ccc(CC(C)C)cc1. The van der Waals surface area contributed by atoms with Crippen LogP contribution in [0, 0.1) is 12.8 Å². The molecule has 0 radical (unpaired) electrons. The van der Waals surface area contributed by atoms with Crippen molar-refractivity contribution >= 4 is 11.6 Å². The van der Waals surface area contributed by atoms with Crippen LogP contribution in [0.2, 0.25) is 0 Å². The van der Waals surface area contributed by atoms with Gasteiger partial charge in [0.15, 0.2) is 11.6 Å². The van der Waals surface area contributed by atoms with E-state index >= 15 is 0 Å². The van der Waals surface area contributed by atoms with Gasteiger partial charge in [0, 0.05) is 5.56 Å². The molecule has 0 saturated carbocycles. The zero-order valence-electron chi connectivity index (χ0n) is 12.7. The molecule has 2 aromatic rings. The average molecular weight is 284 g/mol. The zero-order chi connectivity index (χ0) is 15.4. The molecule has 3 heteroatoms. The molecular formula is C18H20O3. The lowest BCUT2D eigenvalue weighted by Crippen LogP contribution is -2.09. The molecule has 0 aliphatic rings. The molecule has 0 bridgehead atoms. The van der Waals surface area contributed by atoms with Crippen LogP contribution in [0.15, 0.2) is 41.0 Å². The Bertz CT molecular complexity index is 633. The van der Waals surface area contributed by atoms with Gasteiger partial charge < -0.3 is 4.42 Å². The highest BCUT2D eigenvalue weighted by Gasteiger charge is 2.16. The largest absolute Gasteiger partial charge is 0.469 e. The van der Waals surface area contributed by atoms with Crippen molar-refractivity contribution in [1.82, 2.24) is 0 Å². The first-order valence-electron chi connectivity index (χ1n) is 7.17. The van der Waals surface area contributed by atoms with Crippen molar-refractivity contribution in [2.75, 3.05) is 0 Å². The summed E-state index contributed by atoms with van der Waals surface area (Å²) >= 11 is 0. The average Bonchev–Trinajstić information content (AvgIpc) is 2.85. The van der Waals surface area contributed by atoms with E-state index in [9.17, 15) is 9.59 Å². The van der Waals surface area contributed by atoms with Crippen LogP contribution in [-0.2, 0) is 6.42 Å². The second-order valence-corrected chi connectivity index (χ2v) is 5.71. The van der Waals surface area contributed by atoms with E-state index in [-0.39, 0.29) is 18.0 Å². The number of rotatable bonds is 6. The fourth-order valence-electron chi connectivity index (χ4n) is 2.32. The summed E-state index contributed by atoms with van der Waals surface area (Å²) in [6.07, 6.45) is 2.33. The first-order valence-corrected chi connectivity index (χ1v) is 7.17. The molecule has 0 N–H and O–H groups in total. The lowest BCUT2D eigenvalue weighted by Gasteiger charge is -2.06. The second-order valence-electron chi connectivity index (χ2n) is 5.71. The van der Waals surface area contributed by atoms with Gasteiger partial charge in [-0.05, 0) is 30.9 Å². The van der Waals surface area contributed by atoms with Gasteiger partial charge in [0.2, 0.25) is 0 Å². The number of hydrogen-bond acceptors (Lipinski definition) is 3. The highest BCUT2D eigenvalue weighted by molar-refractivity contribution is 6.13. The predicted molar refractivity (Wildman–Crippen MR) is 81.7 cm³/mol. The van der Waals surface area contributed by atoms with E-state index in [0.717, 1.165) is 6.42 Å². The van der Waals surface area contributed by atoms with E-state index in [1.165, 1.54) is 11.8 Å². The van der Waals surface area contributed by atoms with Crippen molar-refractivity contribution in [2.45, 2.75) is 33.6 Å². The molecule has 0 atom stereocenters. The Hall–Kier alpha value is -2.16. The summed E-state index contributed by atoms with van der Waals surface area (Å²) in [4.78, 5) is 24.2. The zero-order valence-corrected chi connectivity index (χ0v) is 12.7. The molecule has 0 aliphatic heterocycles. The van der Waals surface area contributed by atoms with Crippen molar-refractivity contribution in [3.8, 4) is 0 Å². The van der Waals surface area contributed by atoms with Crippen LogP contribution in [0.25, 0.3) is 0 Å². The van der Waals surface area contributed by atoms with E-state index < -0.39 is 0 Å². The standard InChI is InChI=1S/C18H20O3/c1-12(2)10-14-4-6-15(7-5-14)17(19)11-18(20)16-8-9-21-13(16)3/h4-9,12H,10-11H2,1-3H3. The van der Waals surface area contributed by atoms with Crippen molar-refractivity contribution < 1.29 is 14.0 Å². The van der Waals surface area contributed by atoms with Crippen LogP contribution in [-0.4, -0.2) is 11.6 Å². The molecule has 1 aromatic heterocycles. The Morgan fingerprint density at radius 1 is 1.05 bits per heavy atom. The summed E-state index contributed by atoms with van der Waals surface area (Å²) in [6.45, 7) is 6.04. The molecule has 110 valence electrons. The first-order chi connectivity index (χ1) is 9.97. The van der Waals surface area contributed by atoms with Gasteiger partial charge in [-0.3, -0.25) is 9.59 Å². The van der Waals surface area contributed by atoms with Crippen LogP contribution < -0.4 is 0 Å². The van der Waals surface area contributed by atoms with Gasteiger partial charge >= 0.3 is 0 Å². The Labute approximate surface area is 125 Å². The number of furan rings is 1. The number of ketones is 2. The summed E-state index contributed by atoms with van der Waals surface area (Å²) in [6, 6.07) is 9.13. The first kappa shape index (κ1) is 15.2. The van der Waals surface area contributed by atoms with Gasteiger partial charge in [-0.25, -0.2) is 0 Å². The summed E-state index contributed by atoms with van der Waals surface area (Å²) < 4.78 is 5.09. The monoisotopic (exact) mass is 284 g/mol. The molecule has 0 unspecified atom stereocenters. The van der Waals surface area contributed by atoms with Crippen molar-refractivity contribution in [3.05, 3.63) is 59.0 Å². The van der Waals surface area contributed by atoms with Crippen LogP contribution in [0.5, 0.6) is 0 Å². The number of aryl methyl sites for hydroxylation is 1. The Balaban J connectivity index is 2.03. The third kappa shape index (κ3) is 3.91. The molecule has 0 spiro atoms. The lowest BCUT2D eigenvalue weighted by molar-refractivity contribution is 0.0893. The molecule has 0 amide bonds. The van der Waals surface area contributed by atoms with Crippen molar-refractivity contribution in [3.63, 3.8) is 0 Å². The van der Waals surface area contributed by atoms with Gasteiger partial charge in [0.05, 0.1) is 18.2 Å². The quantitative estimate of drug-likeness (QED) is 0.588. The topological polar surface area (TPSA) is 47.3 Å². The van der Waals surface area contributed by atoms with Crippen LogP contribution >= 0.6 is 0 Å². The van der Waals surface area contributed by atoms with Gasteiger partial charge in [0.25, 0.3) is 0 Å². The van der Waals surface area contributed by atoms with Gasteiger partial charge in [-0.2, -0.15) is 0 Å². The van der Waals surface area contributed by atoms with Gasteiger partial charge in [-0.1, -0.05) is 38.1 Å². The summed E-state index contributed by atoms with van der Waals surface area (Å²) in [7, 11) is 0. The maximum absolute atomic E-state index is 12.1. The maximum atomic E-state index is 12.1. The molecule has 3 nitrogen and oxygen atoms in total. The minimum atomic E-state index is -0.197. The Morgan fingerprint density at radius 2 is 1.71 bits per heavy atom. The molecular weight excluding hydrogens is 264 g/mol. The molecule has 0 fully saturated rings. The number of hydrogen-bond donors (Lipinski definition) is 0. The number of carbonyl (C=O) groups excluding carboxylic acids is 2. The van der Waals surface area contributed by atoms with Gasteiger partial charge in [-0.15, -0.1) is 0 Å². The van der Waals surface area contributed by atoms with E-state index in [0.29, 0.717) is 22.8 Å². The van der Waals surface area contributed by atoms with E-state index in [1.807, 2.05) is 12.1 Å². The Kier molecular flexibility index (Phi) is 4.73. The fraction of sp³-hybridized carbons (Fsp3) is 0.333. The number of carbonyl (C=O) groups is 2. The third-order valence-electron chi connectivity index (χ3n) is 3.40. The van der Waals surface area contributed by atoms with E-state index in [2.05, 4.69) is 13.8 Å². The lowest BCUT2D eigenvalue weighted by atomic mass is 9.98. The number of Topliss-reactive ketones (excluding diaryl/α,β-unsaturated/α-hetero) is 2. The molecule has 0 saturated heterocycles. The van der Waals surface area contributed by atoms with Crippen molar-refractivity contribution in [1.29, 1.82) is 0 Å². The minimum Gasteiger partial charge on any atom is -0.469 e.